The minimum absolute atomic E-state index is 0. The second-order valence-corrected chi connectivity index (χ2v) is 9.59. The lowest BCUT2D eigenvalue weighted by molar-refractivity contribution is -0.137. The number of amides is 1. The fourth-order valence-corrected chi connectivity index (χ4v) is 3.79. The first kappa shape index (κ1) is 29.7. The molecule has 13 heteroatoms. The van der Waals surface area contributed by atoms with E-state index in [0.29, 0.717) is 24.1 Å². The number of phenolic OH excluding ortho intramolecular Hbond substituents is 1. The lowest BCUT2D eigenvalue weighted by Crippen LogP contribution is -2.14. The third-order valence-corrected chi connectivity index (χ3v) is 5.51. The molecule has 0 saturated heterocycles. The molecule has 200 valence electrons. The summed E-state index contributed by atoms with van der Waals surface area (Å²) in [5.74, 6) is -0.607. The van der Waals surface area contributed by atoms with E-state index in [4.69, 9.17) is 10.5 Å². The van der Waals surface area contributed by atoms with Gasteiger partial charge in [-0.3, -0.25) is 9.52 Å². The number of benzene rings is 3. The molecular formula is C24H25ClF3N3O5S. The van der Waals surface area contributed by atoms with Crippen LogP contribution in [0.1, 0.15) is 22.3 Å². The molecule has 0 aliphatic heterocycles. The smallest absolute Gasteiger partial charge is 0.416 e. The van der Waals surface area contributed by atoms with Crippen molar-refractivity contribution in [2.45, 2.75) is 12.6 Å². The monoisotopic (exact) mass is 559 g/mol. The lowest BCUT2D eigenvalue weighted by Gasteiger charge is -2.15. The SMILES string of the molecule is CS(=O)(=O)Nc1cc(NC(=O)c2ccc(-c3ccc(C(F)(F)F)cc3)c(OCCCN)c2)ccc1O.Cl. The van der Waals surface area contributed by atoms with Gasteiger partial charge in [0.05, 0.1) is 24.1 Å². The summed E-state index contributed by atoms with van der Waals surface area (Å²) in [5, 5.41) is 12.5. The average molecular weight is 560 g/mol. The number of carbonyl (C=O) groups is 1. The van der Waals surface area contributed by atoms with E-state index in [-0.39, 0.29) is 47.5 Å². The summed E-state index contributed by atoms with van der Waals surface area (Å²) < 4.78 is 69.7. The summed E-state index contributed by atoms with van der Waals surface area (Å²) in [7, 11) is -3.67. The van der Waals surface area contributed by atoms with Crippen molar-refractivity contribution in [3.63, 3.8) is 0 Å². The van der Waals surface area contributed by atoms with Gasteiger partial charge in [0, 0.05) is 16.8 Å². The molecule has 0 saturated carbocycles. The third-order valence-electron chi connectivity index (χ3n) is 4.92. The van der Waals surface area contributed by atoms with Gasteiger partial charge < -0.3 is 20.9 Å². The van der Waals surface area contributed by atoms with Crippen LogP contribution in [0.5, 0.6) is 11.5 Å². The van der Waals surface area contributed by atoms with Crippen molar-refractivity contribution in [2.75, 3.05) is 29.4 Å². The molecule has 8 nitrogen and oxygen atoms in total. The fourth-order valence-electron chi connectivity index (χ4n) is 3.22. The Hall–Kier alpha value is -3.48. The fraction of sp³-hybridized carbons (Fsp3) is 0.208. The quantitative estimate of drug-likeness (QED) is 0.168. The van der Waals surface area contributed by atoms with Gasteiger partial charge in [-0.2, -0.15) is 13.2 Å². The molecule has 0 radical (unpaired) electrons. The van der Waals surface area contributed by atoms with Crippen LogP contribution in [0.25, 0.3) is 11.1 Å². The van der Waals surface area contributed by atoms with E-state index in [0.717, 1.165) is 18.4 Å². The summed E-state index contributed by atoms with van der Waals surface area (Å²) in [4.78, 5) is 12.9. The topological polar surface area (TPSA) is 131 Å². The zero-order valence-electron chi connectivity index (χ0n) is 19.5. The van der Waals surface area contributed by atoms with Crippen LogP contribution in [0.15, 0.2) is 60.7 Å². The molecule has 5 N–H and O–H groups in total. The van der Waals surface area contributed by atoms with E-state index in [1.807, 2.05) is 0 Å². The van der Waals surface area contributed by atoms with Gasteiger partial charge in [-0.25, -0.2) is 8.42 Å². The Labute approximate surface area is 218 Å². The van der Waals surface area contributed by atoms with Crippen molar-refractivity contribution < 1.29 is 36.2 Å². The number of alkyl halides is 3. The van der Waals surface area contributed by atoms with Crippen LogP contribution in [0, 0.1) is 0 Å². The number of hydrogen-bond acceptors (Lipinski definition) is 6. The molecule has 0 spiro atoms. The first-order valence-corrected chi connectivity index (χ1v) is 12.5. The summed E-state index contributed by atoms with van der Waals surface area (Å²) in [6, 6.07) is 12.9. The van der Waals surface area contributed by atoms with Gasteiger partial charge in [0.1, 0.15) is 11.5 Å². The maximum absolute atomic E-state index is 12.9. The Morgan fingerprint density at radius 1 is 1.05 bits per heavy atom. The number of anilines is 2. The Morgan fingerprint density at radius 3 is 2.32 bits per heavy atom. The standard InChI is InChI=1S/C24H24F3N3O5S.ClH/c1-36(33,34)30-20-14-18(8-10-21(20)31)29-23(32)16-5-9-19(22(13-16)35-12-2-11-28)15-3-6-17(7-4-15)24(25,26)27;/h3-10,13-14,30-31H,2,11-12,28H2,1H3,(H,29,32);1H. The Morgan fingerprint density at radius 2 is 1.73 bits per heavy atom. The molecule has 3 rings (SSSR count). The van der Waals surface area contributed by atoms with Crippen LogP contribution in [-0.2, 0) is 16.2 Å². The zero-order chi connectivity index (χ0) is 26.5. The summed E-state index contributed by atoms with van der Waals surface area (Å²) in [6.45, 7) is 0.591. The second kappa shape index (κ2) is 12.2. The Kier molecular flexibility index (Phi) is 9.79. The van der Waals surface area contributed by atoms with Crippen molar-refractivity contribution in [3.8, 4) is 22.6 Å². The van der Waals surface area contributed by atoms with Crippen LogP contribution in [-0.4, -0.2) is 38.8 Å². The number of hydrogen-bond donors (Lipinski definition) is 4. The van der Waals surface area contributed by atoms with Crippen LogP contribution >= 0.6 is 12.4 Å². The van der Waals surface area contributed by atoms with Crippen molar-refractivity contribution in [1.82, 2.24) is 0 Å². The minimum atomic E-state index is -4.47. The number of halogens is 4. The summed E-state index contributed by atoms with van der Waals surface area (Å²) in [6.07, 6.45) is -3.03. The van der Waals surface area contributed by atoms with Crippen molar-refractivity contribution in [1.29, 1.82) is 0 Å². The molecule has 0 aromatic heterocycles. The average Bonchev–Trinajstić information content (AvgIpc) is 2.80. The number of nitrogens with one attached hydrogen (secondary N) is 2. The first-order chi connectivity index (χ1) is 16.9. The maximum atomic E-state index is 12.9. The number of nitrogens with two attached hydrogens (primary N) is 1. The highest BCUT2D eigenvalue weighted by Gasteiger charge is 2.30. The van der Waals surface area contributed by atoms with E-state index < -0.39 is 27.7 Å². The number of carbonyl (C=O) groups excluding carboxylic acids is 1. The molecule has 0 atom stereocenters. The van der Waals surface area contributed by atoms with Gasteiger partial charge in [0.15, 0.2) is 0 Å². The number of aromatic hydroxyl groups is 1. The van der Waals surface area contributed by atoms with Crippen molar-refractivity contribution in [2.24, 2.45) is 5.73 Å². The highest BCUT2D eigenvalue weighted by Crippen LogP contribution is 2.35. The minimum Gasteiger partial charge on any atom is -0.506 e. The van der Waals surface area contributed by atoms with Gasteiger partial charge in [-0.15, -0.1) is 12.4 Å². The maximum Gasteiger partial charge on any atom is 0.416 e. The van der Waals surface area contributed by atoms with Crippen LogP contribution < -0.4 is 20.5 Å². The first-order valence-electron chi connectivity index (χ1n) is 10.6. The lowest BCUT2D eigenvalue weighted by atomic mass is 10.0. The van der Waals surface area contributed by atoms with Crippen LogP contribution in [0.4, 0.5) is 24.5 Å². The third kappa shape index (κ3) is 8.27. The zero-order valence-corrected chi connectivity index (χ0v) is 21.1. The molecular weight excluding hydrogens is 535 g/mol. The van der Waals surface area contributed by atoms with E-state index in [9.17, 15) is 31.5 Å². The number of ether oxygens (including phenoxy) is 1. The van der Waals surface area contributed by atoms with Gasteiger partial charge in [0.25, 0.3) is 5.91 Å². The Balaban J connectivity index is 0.00000481. The molecule has 0 aliphatic rings. The largest absolute Gasteiger partial charge is 0.506 e. The number of sulfonamides is 1. The summed E-state index contributed by atoms with van der Waals surface area (Å²) >= 11 is 0. The molecule has 0 fully saturated rings. The van der Waals surface area contributed by atoms with E-state index in [1.54, 1.807) is 6.07 Å². The van der Waals surface area contributed by atoms with Gasteiger partial charge in [-0.1, -0.05) is 12.1 Å². The van der Waals surface area contributed by atoms with Gasteiger partial charge in [0.2, 0.25) is 10.0 Å². The second-order valence-electron chi connectivity index (χ2n) is 7.84. The number of rotatable bonds is 9. The highest BCUT2D eigenvalue weighted by molar-refractivity contribution is 7.92. The molecule has 3 aromatic carbocycles. The normalized spacial score (nSPS) is 11.4. The molecule has 0 heterocycles. The Bertz CT molecular complexity index is 1350. The molecule has 0 unspecified atom stereocenters. The van der Waals surface area contributed by atoms with E-state index >= 15 is 0 Å². The van der Waals surface area contributed by atoms with Crippen molar-refractivity contribution in [3.05, 3.63) is 71.8 Å². The van der Waals surface area contributed by atoms with Crippen LogP contribution in [0.2, 0.25) is 0 Å². The van der Waals surface area contributed by atoms with E-state index in [2.05, 4.69) is 10.0 Å². The predicted molar refractivity (Wildman–Crippen MR) is 138 cm³/mol. The molecule has 1 amide bonds. The molecule has 0 aliphatic carbocycles. The van der Waals surface area contributed by atoms with Crippen LogP contribution in [0.3, 0.4) is 0 Å². The van der Waals surface area contributed by atoms with Gasteiger partial charge in [-0.05, 0) is 67.1 Å². The van der Waals surface area contributed by atoms with Gasteiger partial charge >= 0.3 is 6.18 Å². The predicted octanol–water partition coefficient (Wildman–Crippen LogP) is 4.85. The molecule has 0 bridgehead atoms. The highest BCUT2D eigenvalue weighted by atomic mass is 35.5. The molecule has 3 aromatic rings. The number of phenols is 1. The van der Waals surface area contributed by atoms with E-state index in [1.165, 1.54) is 42.5 Å². The summed E-state index contributed by atoms with van der Waals surface area (Å²) in [5.41, 5.74) is 5.96. The van der Waals surface area contributed by atoms with Crippen molar-refractivity contribution >= 4 is 39.7 Å². The molecule has 37 heavy (non-hydrogen) atoms.